The number of hydrogen-bond donors (Lipinski definition) is 0. The molecule has 0 bridgehead atoms. The maximum absolute atomic E-state index is 11.9. The summed E-state index contributed by atoms with van der Waals surface area (Å²) in [6.45, 7) is 4.85. The number of rotatable bonds is 6. The Bertz CT molecular complexity index is 586. The lowest BCUT2D eigenvalue weighted by Gasteiger charge is -2.07. The Balaban J connectivity index is 2.18. The number of hydrogen-bond acceptors (Lipinski definition) is 5. The summed E-state index contributed by atoms with van der Waals surface area (Å²) in [5.74, 6) is 0.333. The van der Waals surface area contributed by atoms with Crippen LogP contribution in [-0.4, -0.2) is 29.4 Å². The Morgan fingerprint density at radius 1 is 1.50 bits per heavy atom. The number of carbonyl (C=O) groups excluding carboxylic acids is 1. The molecule has 6 heteroatoms. The van der Waals surface area contributed by atoms with Crippen LogP contribution in [0, 0.1) is 6.92 Å². The summed E-state index contributed by atoms with van der Waals surface area (Å²) in [5, 5.41) is 3.96. The molecule has 0 radical (unpaired) electrons. The van der Waals surface area contributed by atoms with Gasteiger partial charge in [0, 0.05) is 19.4 Å². The molecular formula is C14H18N2O4. The molecule has 0 atom stereocenters. The average molecular weight is 278 g/mol. The van der Waals surface area contributed by atoms with Crippen molar-refractivity contribution >= 4 is 5.97 Å². The number of methoxy groups -OCH3 is 1. The summed E-state index contributed by atoms with van der Waals surface area (Å²) in [7, 11) is 1.59. The SMILES string of the molecule is CCOC(=O)c1c(C)ccn1Cc1cc(COC)on1. The molecule has 2 aromatic heterocycles. The predicted octanol–water partition coefficient (Wildman–Crippen LogP) is 2.16. The van der Waals surface area contributed by atoms with Crippen LogP contribution in [-0.2, 0) is 22.6 Å². The molecule has 6 nitrogen and oxygen atoms in total. The van der Waals surface area contributed by atoms with Crippen molar-refractivity contribution in [3.63, 3.8) is 0 Å². The van der Waals surface area contributed by atoms with Crippen LogP contribution in [0.25, 0.3) is 0 Å². The fourth-order valence-corrected chi connectivity index (χ4v) is 2.01. The summed E-state index contributed by atoms with van der Waals surface area (Å²) in [5.41, 5.74) is 2.16. The van der Waals surface area contributed by atoms with E-state index in [0.29, 0.717) is 31.2 Å². The summed E-state index contributed by atoms with van der Waals surface area (Å²) >= 11 is 0. The molecule has 0 N–H and O–H groups in total. The minimum atomic E-state index is -0.324. The van der Waals surface area contributed by atoms with Gasteiger partial charge in [-0.05, 0) is 25.5 Å². The monoisotopic (exact) mass is 278 g/mol. The Morgan fingerprint density at radius 2 is 2.30 bits per heavy atom. The van der Waals surface area contributed by atoms with Gasteiger partial charge in [-0.15, -0.1) is 0 Å². The lowest BCUT2D eigenvalue weighted by Crippen LogP contribution is -2.13. The quantitative estimate of drug-likeness (QED) is 0.757. The van der Waals surface area contributed by atoms with Crippen molar-refractivity contribution in [1.82, 2.24) is 9.72 Å². The van der Waals surface area contributed by atoms with Gasteiger partial charge in [-0.1, -0.05) is 5.16 Å². The standard InChI is InChI=1S/C14H18N2O4/c1-4-19-14(17)13-10(2)5-6-16(13)8-11-7-12(9-18-3)20-15-11/h5-7H,4,8-9H2,1-3H3. The highest BCUT2D eigenvalue weighted by Crippen LogP contribution is 2.14. The van der Waals surface area contributed by atoms with Gasteiger partial charge in [-0.3, -0.25) is 0 Å². The van der Waals surface area contributed by atoms with Gasteiger partial charge in [0.1, 0.15) is 18.0 Å². The predicted molar refractivity (Wildman–Crippen MR) is 71.4 cm³/mol. The van der Waals surface area contributed by atoms with Gasteiger partial charge in [-0.25, -0.2) is 4.79 Å². The number of carbonyl (C=O) groups is 1. The summed E-state index contributed by atoms with van der Waals surface area (Å²) < 4.78 is 17.0. The van der Waals surface area contributed by atoms with Crippen LogP contribution in [0.2, 0.25) is 0 Å². The van der Waals surface area contributed by atoms with Gasteiger partial charge in [0.15, 0.2) is 5.76 Å². The van der Waals surface area contributed by atoms with Crippen LogP contribution in [0.5, 0.6) is 0 Å². The highest BCUT2D eigenvalue weighted by Gasteiger charge is 2.17. The molecule has 0 saturated carbocycles. The van der Waals surface area contributed by atoms with Crippen molar-refractivity contribution in [2.75, 3.05) is 13.7 Å². The van der Waals surface area contributed by atoms with E-state index in [1.165, 1.54) is 0 Å². The van der Waals surface area contributed by atoms with E-state index in [-0.39, 0.29) is 5.97 Å². The average Bonchev–Trinajstić information content (AvgIpc) is 2.98. The van der Waals surface area contributed by atoms with E-state index in [2.05, 4.69) is 5.16 Å². The minimum Gasteiger partial charge on any atom is -0.461 e. The van der Waals surface area contributed by atoms with E-state index >= 15 is 0 Å². The molecule has 0 spiro atoms. The van der Waals surface area contributed by atoms with Crippen LogP contribution in [0.15, 0.2) is 22.9 Å². The van der Waals surface area contributed by atoms with E-state index in [0.717, 1.165) is 11.3 Å². The zero-order chi connectivity index (χ0) is 14.5. The molecule has 0 amide bonds. The van der Waals surface area contributed by atoms with E-state index in [9.17, 15) is 4.79 Å². The Labute approximate surface area is 117 Å². The third-order valence-electron chi connectivity index (χ3n) is 2.86. The van der Waals surface area contributed by atoms with Crippen molar-refractivity contribution in [1.29, 1.82) is 0 Å². The minimum absolute atomic E-state index is 0.324. The van der Waals surface area contributed by atoms with Gasteiger partial charge < -0.3 is 18.6 Å². The molecule has 0 fully saturated rings. The summed E-state index contributed by atoms with van der Waals surface area (Å²) in [4.78, 5) is 11.9. The van der Waals surface area contributed by atoms with E-state index in [4.69, 9.17) is 14.0 Å². The maximum atomic E-state index is 11.9. The Hall–Kier alpha value is -2.08. The molecule has 0 aromatic carbocycles. The van der Waals surface area contributed by atoms with Crippen LogP contribution < -0.4 is 0 Å². The number of aryl methyl sites for hydroxylation is 1. The molecule has 0 aliphatic heterocycles. The van der Waals surface area contributed by atoms with Gasteiger partial charge in [0.05, 0.1) is 13.2 Å². The molecule has 0 aliphatic carbocycles. The molecule has 2 heterocycles. The van der Waals surface area contributed by atoms with E-state index < -0.39 is 0 Å². The first-order valence-electron chi connectivity index (χ1n) is 6.42. The number of ether oxygens (including phenoxy) is 2. The largest absolute Gasteiger partial charge is 0.461 e. The Kier molecular flexibility index (Phi) is 4.57. The molecular weight excluding hydrogens is 260 g/mol. The number of aromatic nitrogens is 2. The summed E-state index contributed by atoms with van der Waals surface area (Å²) in [6.07, 6.45) is 1.84. The normalized spacial score (nSPS) is 10.8. The van der Waals surface area contributed by atoms with E-state index in [1.807, 2.05) is 29.8 Å². The molecule has 108 valence electrons. The van der Waals surface area contributed by atoms with Crippen LogP contribution >= 0.6 is 0 Å². The first-order chi connectivity index (χ1) is 9.65. The summed E-state index contributed by atoms with van der Waals surface area (Å²) in [6, 6.07) is 3.69. The van der Waals surface area contributed by atoms with Crippen molar-refractivity contribution < 1.29 is 18.8 Å². The highest BCUT2D eigenvalue weighted by atomic mass is 16.5. The molecule has 0 saturated heterocycles. The lowest BCUT2D eigenvalue weighted by molar-refractivity contribution is 0.0513. The fourth-order valence-electron chi connectivity index (χ4n) is 2.01. The van der Waals surface area contributed by atoms with Gasteiger partial charge in [0.25, 0.3) is 0 Å². The lowest BCUT2D eigenvalue weighted by atomic mass is 10.2. The maximum Gasteiger partial charge on any atom is 0.355 e. The zero-order valence-corrected chi connectivity index (χ0v) is 11.9. The molecule has 2 rings (SSSR count). The first kappa shape index (κ1) is 14.3. The molecule has 0 unspecified atom stereocenters. The van der Waals surface area contributed by atoms with Gasteiger partial charge in [-0.2, -0.15) is 0 Å². The van der Waals surface area contributed by atoms with Crippen molar-refractivity contribution in [3.8, 4) is 0 Å². The van der Waals surface area contributed by atoms with Gasteiger partial charge in [0.2, 0.25) is 0 Å². The Morgan fingerprint density at radius 3 is 3.00 bits per heavy atom. The number of esters is 1. The van der Waals surface area contributed by atoms with Crippen LogP contribution in [0.1, 0.15) is 34.4 Å². The second-order valence-corrected chi connectivity index (χ2v) is 4.41. The van der Waals surface area contributed by atoms with Gasteiger partial charge >= 0.3 is 5.97 Å². The van der Waals surface area contributed by atoms with E-state index in [1.54, 1.807) is 14.0 Å². The molecule has 2 aromatic rings. The van der Waals surface area contributed by atoms with Crippen LogP contribution in [0.3, 0.4) is 0 Å². The highest BCUT2D eigenvalue weighted by molar-refractivity contribution is 5.89. The number of nitrogens with zero attached hydrogens (tertiary/aromatic N) is 2. The third kappa shape index (κ3) is 3.08. The first-order valence-corrected chi connectivity index (χ1v) is 6.42. The zero-order valence-electron chi connectivity index (χ0n) is 11.9. The smallest absolute Gasteiger partial charge is 0.355 e. The topological polar surface area (TPSA) is 66.5 Å². The van der Waals surface area contributed by atoms with Crippen molar-refractivity contribution in [2.24, 2.45) is 0 Å². The third-order valence-corrected chi connectivity index (χ3v) is 2.86. The second-order valence-electron chi connectivity index (χ2n) is 4.41. The van der Waals surface area contributed by atoms with Crippen molar-refractivity contribution in [2.45, 2.75) is 27.0 Å². The van der Waals surface area contributed by atoms with Crippen LogP contribution in [0.4, 0.5) is 0 Å². The fraction of sp³-hybridized carbons (Fsp3) is 0.429. The second kappa shape index (κ2) is 6.38. The molecule has 0 aliphatic rings. The van der Waals surface area contributed by atoms with Crippen molar-refractivity contribution in [3.05, 3.63) is 41.0 Å². The molecule has 20 heavy (non-hydrogen) atoms.